The van der Waals surface area contributed by atoms with Gasteiger partial charge in [0.2, 0.25) is 0 Å². The number of carbonyl (C=O) groups excluding carboxylic acids is 1. The standard InChI is InChI=1S/C15H15N3O4S/c19-15(16-10-11-23(20,21)22)12-6-8-14(9-7-12)18-17-13-4-2-1-3-5-13/h1-9H,10-11H2,(H,16,19)(H,20,21,22)/b18-17+. The summed E-state index contributed by atoms with van der Waals surface area (Å²) in [5.74, 6) is -0.956. The Hall–Kier alpha value is -2.58. The van der Waals surface area contributed by atoms with Crippen LogP contribution in [0.2, 0.25) is 0 Å². The highest BCUT2D eigenvalue weighted by Gasteiger charge is 2.08. The maximum Gasteiger partial charge on any atom is 0.266 e. The molecule has 0 bridgehead atoms. The van der Waals surface area contributed by atoms with Crippen LogP contribution in [0.4, 0.5) is 11.4 Å². The van der Waals surface area contributed by atoms with Crippen molar-refractivity contribution < 1.29 is 17.8 Å². The van der Waals surface area contributed by atoms with E-state index in [4.69, 9.17) is 4.55 Å². The fourth-order valence-corrected chi connectivity index (χ4v) is 2.05. The highest BCUT2D eigenvalue weighted by atomic mass is 32.2. The van der Waals surface area contributed by atoms with Crippen LogP contribution in [0.3, 0.4) is 0 Å². The molecular weight excluding hydrogens is 318 g/mol. The maximum atomic E-state index is 11.8. The molecule has 0 saturated carbocycles. The molecule has 0 heterocycles. The summed E-state index contributed by atoms with van der Waals surface area (Å²) >= 11 is 0. The first-order valence-corrected chi connectivity index (χ1v) is 8.35. The van der Waals surface area contributed by atoms with Gasteiger partial charge in [-0.05, 0) is 36.4 Å². The summed E-state index contributed by atoms with van der Waals surface area (Å²) in [5, 5.41) is 10.5. The normalized spacial score (nSPS) is 11.5. The van der Waals surface area contributed by atoms with Crippen molar-refractivity contribution in [3.05, 3.63) is 60.2 Å². The Labute approximate surface area is 133 Å². The summed E-state index contributed by atoms with van der Waals surface area (Å²) in [4.78, 5) is 11.8. The highest BCUT2D eigenvalue weighted by Crippen LogP contribution is 2.18. The monoisotopic (exact) mass is 333 g/mol. The summed E-state index contributed by atoms with van der Waals surface area (Å²) < 4.78 is 29.7. The van der Waals surface area contributed by atoms with E-state index in [1.165, 1.54) is 0 Å². The number of carbonyl (C=O) groups is 1. The van der Waals surface area contributed by atoms with Gasteiger partial charge in [0.25, 0.3) is 16.0 Å². The molecule has 8 heteroatoms. The van der Waals surface area contributed by atoms with Crippen molar-refractivity contribution >= 4 is 27.4 Å². The SMILES string of the molecule is O=C(NCCS(=O)(=O)O)c1ccc(/N=N/c2ccccc2)cc1. The Bertz CT molecular complexity index is 787. The van der Waals surface area contributed by atoms with E-state index < -0.39 is 21.8 Å². The first-order valence-electron chi connectivity index (χ1n) is 6.74. The molecule has 120 valence electrons. The van der Waals surface area contributed by atoms with E-state index in [2.05, 4.69) is 15.5 Å². The average Bonchev–Trinajstić information content (AvgIpc) is 2.53. The number of rotatable bonds is 6. The fraction of sp³-hybridized carbons (Fsp3) is 0.133. The molecule has 0 aromatic heterocycles. The third-order valence-corrected chi connectivity index (χ3v) is 3.53. The van der Waals surface area contributed by atoms with Crippen LogP contribution in [0.15, 0.2) is 64.8 Å². The van der Waals surface area contributed by atoms with E-state index in [1.807, 2.05) is 30.3 Å². The molecule has 0 aliphatic carbocycles. The lowest BCUT2D eigenvalue weighted by molar-refractivity contribution is 0.0956. The third kappa shape index (κ3) is 5.97. The Morgan fingerprint density at radius 1 is 0.957 bits per heavy atom. The lowest BCUT2D eigenvalue weighted by Crippen LogP contribution is -2.28. The van der Waals surface area contributed by atoms with Crippen molar-refractivity contribution in [2.24, 2.45) is 10.2 Å². The Kier molecular flexibility index (Phi) is 5.56. The van der Waals surface area contributed by atoms with Gasteiger partial charge in [0.15, 0.2) is 0 Å². The number of nitrogens with one attached hydrogen (secondary N) is 1. The molecule has 1 amide bonds. The Morgan fingerprint density at radius 3 is 2.09 bits per heavy atom. The van der Waals surface area contributed by atoms with E-state index >= 15 is 0 Å². The molecule has 0 atom stereocenters. The van der Waals surface area contributed by atoms with Crippen molar-refractivity contribution in [3.63, 3.8) is 0 Å². The fourth-order valence-electron chi connectivity index (χ4n) is 1.69. The van der Waals surface area contributed by atoms with Gasteiger partial charge in [0.1, 0.15) is 0 Å². The molecule has 0 radical (unpaired) electrons. The van der Waals surface area contributed by atoms with Gasteiger partial charge < -0.3 is 5.32 Å². The van der Waals surface area contributed by atoms with Crippen LogP contribution in [-0.4, -0.2) is 31.2 Å². The van der Waals surface area contributed by atoms with Gasteiger partial charge in [-0.3, -0.25) is 9.35 Å². The van der Waals surface area contributed by atoms with Crippen LogP contribution in [-0.2, 0) is 10.1 Å². The van der Waals surface area contributed by atoms with Gasteiger partial charge in [-0.2, -0.15) is 18.6 Å². The summed E-state index contributed by atoms with van der Waals surface area (Å²) in [7, 11) is -4.08. The first kappa shape index (κ1) is 16.8. The predicted molar refractivity (Wildman–Crippen MR) is 85.8 cm³/mol. The topological polar surface area (TPSA) is 108 Å². The minimum atomic E-state index is -4.08. The average molecular weight is 333 g/mol. The molecular formula is C15H15N3O4S. The first-order chi connectivity index (χ1) is 10.9. The van der Waals surface area contributed by atoms with Gasteiger partial charge >= 0.3 is 0 Å². The zero-order valence-corrected chi connectivity index (χ0v) is 12.9. The van der Waals surface area contributed by atoms with Crippen LogP contribution in [0.25, 0.3) is 0 Å². The van der Waals surface area contributed by atoms with E-state index in [0.717, 1.165) is 5.69 Å². The number of hydrogen-bond donors (Lipinski definition) is 2. The zero-order valence-electron chi connectivity index (χ0n) is 12.1. The van der Waals surface area contributed by atoms with Crippen LogP contribution in [0.1, 0.15) is 10.4 Å². The number of hydrogen-bond acceptors (Lipinski definition) is 5. The van der Waals surface area contributed by atoms with Gasteiger partial charge in [-0.15, -0.1) is 0 Å². The third-order valence-electron chi connectivity index (χ3n) is 2.81. The molecule has 2 aromatic carbocycles. The highest BCUT2D eigenvalue weighted by molar-refractivity contribution is 7.85. The van der Waals surface area contributed by atoms with Crippen LogP contribution >= 0.6 is 0 Å². The number of amides is 1. The molecule has 2 rings (SSSR count). The minimum Gasteiger partial charge on any atom is -0.351 e. The number of azo groups is 1. The van der Waals surface area contributed by atoms with Gasteiger partial charge in [0, 0.05) is 12.1 Å². The molecule has 0 aliphatic rings. The molecule has 0 unspecified atom stereocenters. The quantitative estimate of drug-likeness (QED) is 0.626. The summed E-state index contributed by atoms with van der Waals surface area (Å²) in [5.41, 5.74) is 1.67. The van der Waals surface area contributed by atoms with Crippen molar-refractivity contribution in [1.82, 2.24) is 5.32 Å². The second-order valence-corrected chi connectivity index (χ2v) is 6.20. The second-order valence-electron chi connectivity index (χ2n) is 4.62. The van der Waals surface area contributed by atoms with Crippen LogP contribution in [0, 0.1) is 0 Å². The van der Waals surface area contributed by atoms with Crippen molar-refractivity contribution in [2.75, 3.05) is 12.3 Å². The van der Waals surface area contributed by atoms with E-state index in [0.29, 0.717) is 11.3 Å². The Balaban J connectivity index is 1.94. The summed E-state index contributed by atoms with van der Waals surface area (Å²) in [6.07, 6.45) is 0. The second kappa shape index (κ2) is 7.61. The van der Waals surface area contributed by atoms with E-state index in [-0.39, 0.29) is 6.54 Å². The van der Waals surface area contributed by atoms with Gasteiger partial charge in [-0.1, -0.05) is 18.2 Å². The molecule has 0 saturated heterocycles. The Morgan fingerprint density at radius 2 is 1.52 bits per heavy atom. The summed E-state index contributed by atoms with van der Waals surface area (Å²) in [6, 6.07) is 15.6. The number of benzene rings is 2. The predicted octanol–water partition coefficient (Wildman–Crippen LogP) is 2.72. The van der Waals surface area contributed by atoms with E-state index in [9.17, 15) is 13.2 Å². The maximum absolute atomic E-state index is 11.8. The van der Waals surface area contributed by atoms with Crippen molar-refractivity contribution in [1.29, 1.82) is 0 Å². The van der Waals surface area contributed by atoms with E-state index in [1.54, 1.807) is 24.3 Å². The molecule has 0 fully saturated rings. The van der Waals surface area contributed by atoms with Crippen molar-refractivity contribution in [3.8, 4) is 0 Å². The largest absolute Gasteiger partial charge is 0.351 e. The molecule has 2 aromatic rings. The van der Waals surface area contributed by atoms with Crippen LogP contribution in [0.5, 0.6) is 0 Å². The lowest BCUT2D eigenvalue weighted by atomic mass is 10.2. The van der Waals surface area contributed by atoms with Gasteiger partial charge in [-0.25, -0.2) is 0 Å². The molecule has 0 aliphatic heterocycles. The van der Waals surface area contributed by atoms with Crippen molar-refractivity contribution in [2.45, 2.75) is 0 Å². The molecule has 7 nitrogen and oxygen atoms in total. The lowest BCUT2D eigenvalue weighted by Gasteiger charge is -2.04. The number of nitrogens with zero attached hydrogens (tertiary/aromatic N) is 2. The smallest absolute Gasteiger partial charge is 0.266 e. The molecule has 0 spiro atoms. The molecule has 2 N–H and O–H groups in total. The van der Waals surface area contributed by atoms with Gasteiger partial charge in [0.05, 0.1) is 17.1 Å². The molecule has 23 heavy (non-hydrogen) atoms. The summed E-state index contributed by atoms with van der Waals surface area (Å²) in [6.45, 7) is -0.160. The minimum absolute atomic E-state index is 0.160. The van der Waals surface area contributed by atoms with Crippen LogP contribution < -0.4 is 5.32 Å². The zero-order chi connectivity index (χ0) is 16.7.